The van der Waals surface area contributed by atoms with E-state index >= 15 is 0 Å². The molecule has 0 saturated heterocycles. The number of benzene rings is 1. The zero-order chi connectivity index (χ0) is 17.1. The van der Waals surface area contributed by atoms with Crippen LogP contribution in [0.5, 0.6) is 0 Å². The van der Waals surface area contributed by atoms with E-state index in [9.17, 15) is 9.59 Å². The Morgan fingerprint density at radius 1 is 1.08 bits per heavy atom. The largest absolute Gasteiger partial charge is 0.378 e. The van der Waals surface area contributed by atoms with Gasteiger partial charge in [0.25, 0.3) is 11.8 Å². The minimum Gasteiger partial charge on any atom is -0.378 e. The first-order chi connectivity index (χ1) is 11.5. The Morgan fingerprint density at radius 2 is 1.79 bits per heavy atom. The Labute approximate surface area is 140 Å². The van der Waals surface area contributed by atoms with Crippen LogP contribution in [0.1, 0.15) is 33.7 Å². The Bertz CT molecular complexity index is 752. The zero-order valence-electron chi connectivity index (χ0n) is 13.7. The van der Waals surface area contributed by atoms with Crippen molar-refractivity contribution >= 4 is 23.2 Å². The maximum absolute atomic E-state index is 12.3. The van der Waals surface area contributed by atoms with Gasteiger partial charge in [-0.25, -0.2) is 0 Å². The van der Waals surface area contributed by atoms with Gasteiger partial charge in [-0.05, 0) is 49.2 Å². The molecule has 0 radical (unpaired) electrons. The van der Waals surface area contributed by atoms with Crippen LogP contribution < -0.4 is 15.5 Å². The van der Waals surface area contributed by atoms with Gasteiger partial charge in [-0.1, -0.05) is 0 Å². The molecule has 1 saturated carbocycles. The van der Waals surface area contributed by atoms with Gasteiger partial charge in [-0.2, -0.15) is 0 Å². The summed E-state index contributed by atoms with van der Waals surface area (Å²) < 4.78 is 0. The van der Waals surface area contributed by atoms with Gasteiger partial charge >= 0.3 is 0 Å². The Morgan fingerprint density at radius 3 is 2.42 bits per heavy atom. The van der Waals surface area contributed by atoms with Crippen LogP contribution in [0.25, 0.3) is 0 Å². The predicted molar refractivity (Wildman–Crippen MR) is 93.4 cm³/mol. The molecule has 1 aliphatic carbocycles. The molecule has 6 nitrogen and oxygen atoms in total. The van der Waals surface area contributed by atoms with Crippen molar-refractivity contribution in [2.24, 2.45) is 0 Å². The van der Waals surface area contributed by atoms with Crippen molar-refractivity contribution in [3.63, 3.8) is 0 Å². The minimum absolute atomic E-state index is 0.163. The maximum atomic E-state index is 12.3. The molecule has 1 aromatic heterocycles. The lowest BCUT2D eigenvalue weighted by atomic mass is 10.2. The topological polar surface area (TPSA) is 74.3 Å². The number of aromatic nitrogens is 1. The van der Waals surface area contributed by atoms with Crippen molar-refractivity contribution < 1.29 is 9.59 Å². The molecule has 1 heterocycles. The van der Waals surface area contributed by atoms with Gasteiger partial charge in [0, 0.05) is 43.3 Å². The summed E-state index contributed by atoms with van der Waals surface area (Å²) in [7, 11) is 3.91. The number of pyridine rings is 1. The molecule has 3 rings (SSSR count). The number of hydrogen-bond donors (Lipinski definition) is 2. The highest BCUT2D eigenvalue weighted by Crippen LogP contribution is 2.19. The van der Waals surface area contributed by atoms with Crippen LogP contribution >= 0.6 is 0 Å². The molecule has 0 spiro atoms. The van der Waals surface area contributed by atoms with E-state index in [0.29, 0.717) is 11.3 Å². The first-order valence-electron chi connectivity index (χ1n) is 7.88. The fourth-order valence-electron chi connectivity index (χ4n) is 2.23. The zero-order valence-corrected chi connectivity index (χ0v) is 13.7. The Kier molecular flexibility index (Phi) is 4.46. The number of carbonyl (C=O) groups is 2. The second kappa shape index (κ2) is 6.70. The molecule has 124 valence electrons. The summed E-state index contributed by atoms with van der Waals surface area (Å²) in [6.07, 6.45) is 3.52. The number of anilines is 2. The van der Waals surface area contributed by atoms with Crippen molar-refractivity contribution in [1.29, 1.82) is 0 Å². The summed E-state index contributed by atoms with van der Waals surface area (Å²) in [5, 5.41) is 5.69. The normalized spacial score (nSPS) is 13.2. The first-order valence-corrected chi connectivity index (χ1v) is 7.88. The van der Waals surface area contributed by atoms with Gasteiger partial charge < -0.3 is 15.5 Å². The number of nitrogens with zero attached hydrogens (tertiary/aromatic N) is 2. The average Bonchev–Trinajstić information content (AvgIpc) is 3.39. The first kappa shape index (κ1) is 16.0. The molecule has 24 heavy (non-hydrogen) atoms. The molecule has 0 aliphatic heterocycles. The van der Waals surface area contributed by atoms with Crippen molar-refractivity contribution in [2.75, 3.05) is 24.3 Å². The van der Waals surface area contributed by atoms with Gasteiger partial charge in [0.05, 0.1) is 0 Å². The SMILES string of the molecule is CN(C)c1ccc(NC(=O)c2cc(C(=O)NC3CC3)ccn2)cc1. The summed E-state index contributed by atoms with van der Waals surface area (Å²) in [5.74, 6) is -0.502. The van der Waals surface area contributed by atoms with Crippen molar-refractivity contribution in [2.45, 2.75) is 18.9 Å². The van der Waals surface area contributed by atoms with Crippen LogP contribution in [0, 0.1) is 0 Å². The smallest absolute Gasteiger partial charge is 0.274 e. The highest BCUT2D eigenvalue weighted by Gasteiger charge is 2.24. The predicted octanol–water partition coefficient (Wildman–Crippen LogP) is 2.29. The summed E-state index contributed by atoms with van der Waals surface area (Å²) in [4.78, 5) is 30.4. The van der Waals surface area contributed by atoms with Crippen LogP contribution in [-0.4, -0.2) is 36.9 Å². The highest BCUT2D eigenvalue weighted by molar-refractivity contribution is 6.04. The number of hydrogen-bond acceptors (Lipinski definition) is 4. The lowest BCUT2D eigenvalue weighted by molar-refractivity contribution is 0.0951. The van der Waals surface area contributed by atoms with E-state index in [-0.39, 0.29) is 23.6 Å². The quantitative estimate of drug-likeness (QED) is 0.885. The maximum Gasteiger partial charge on any atom is 0.274 e. The molecule has 1 aliphatic rings. The third-order valence-electron chi connectivity index (χ3n) is 3.81. The molecule has 1 aromatic carbocycles. The van der Waals surface area contributed by atoms with Gasteiger partial charge in [0.15, 0.2) is 0 Å². The van der Waals surface area contributed by atoms with Gasteiger partial charge in [0.2, 0.25) is 0 Å². The molecule has 6 heteroatoms. The van der Waals surface area contributed by atoms with Crippen molar-refractivity contribution in [1.82, 2.24) is 10.3 Å². The van der Waals surface area contributed by atoms with E-state index < -0.39 is 0 Å². The van der Waals surface area contributed by atoms with Gasteiger partial charge in [-0.15, -0.1) is 0 Å². The van der Waals surface area contributed by atoms with Crippen LogP contribution in [0.3, 0.4) is 0 Å². The third-order valence-corrected chi connectivity index (χ3v) is 3.81. The molecule has 1 fully saturated rings. The van der Waals surface area contributed by atoms with Crippen LogP contribution in [0.15, 0.2) is 42.6 Å². The molecular weight excluding hydrogens is 304 g/mol. The fourth-order valence-corrected chi connectivity index (χ4v) is 2.23. The molecule has 2 N–H and O–H groups in total. The van der Waals surface area contributed by atoms with Crippen LogP contribution in [0.4, 0.5) is 11.4 Å². The van der Waals surface area contributed by atoms with E-state index in [1.807, 2.05) is 43.3 Å². The van der Waals surface area contributed by atoms with Gasteiger partial charge in [-0.3, -0.25) is 14.6 Å². The molecule has 2 aromatic rings. The Hall–Kier alpha value is -2.89. The fraction of sp³-hybridized carbons (Fsp3) is 0.278. The number of nitrogens with one attached hydrogen (secondary N) is 2. The molecule has 0 unspecified atom stereocenters. The van der Waals surface area contributed by atoms with Crippen molar-refractivity contribution in [3.05, 3.63) is 53.9 Å². The lowest BCUT2D eigenvalue weighted by Crippen LogP contribution is -2.26. The molecular formula is C18H20N4O2. The highest BCUT2D eigenvalue weighted by atomic mass is 16.2. The summed E-state index contributed by atoms with van der Waals surface area (Å²) in [6, 6.07) is 10.9. The monoisotopic (exact) mass is 324 g/mol. The molecule has 0 atom stereocenters. The third kappa shape index (κ3) is 3.90. The second-order valence-electron chi connectivity index (χ2n) is 6.07. The number of amides is 2. The van der Waals surface area contributed by atoms with Crippen LogP contribution in [-0.2, 0) is 0 Å². The van der Waals surface area contributed by atoms with Gasteiger partial charge in [0.1, 0.15) is 5.69 Å². The molecule has 0 bridgehead atoms. The number of rotatable bonds is 5. The van der Waals surface area contributed by atoms with E-state index in [1.165, 1.54) is 12.3 Å². The van der Waals surface area contributed by atoms with E-state index in [1.54, 1.807) is 6.07 Å². The standard InChI is InChI=1S/C18H20N4O2/c1-22(2)15-7-5-14(6-8-15)21-18(24)16-11-12(9-10-19-16)17(23)20-13-3-4-13/h5-11,13H,3-4H2,1-2H3,(H,20,23)(H,21,24). The summed E-state index contributed by atoms with van der Waals surface area (Å²) >= 11 is 0. The summed E-state index contributed by atoms with van der Waals surface area (Å²) in [5.41, 5.74) is 2.39. The lowest BCUT2D eigenvalue weighted by Gasteiger charge is -2.13. The molecule has 2 amide bonds. The Balaban J connectivity index is 1.69. The van der Waals surface area contributed by atoms with E-state index in [2.05, 4.69) is 15.6 Å². The van der Waals surface area contributed by atoms with Crippen molar-refractivity contribution in [3.8, 4) is 0 Å². The summed E-state index contributed by atoms with van der Waals surface area (Å²) in [6.45, 7) is 0. The average molecular weight is 324 g/mol. The number of carbonyl (C=O) groups excluding carboxylic acids is 2. The minimum atomic E-state index is -0.339. The van der Waals surface area contributed by atoms with Crippen LogP contribution in [0.2, 0.25) is 0 Å². The van der Waals surface area contributed by atoms with E-state index in [0.717, 1.165) is 18.5 Å². The van der Waals surface area contributed by atoms with E-state index in [4.69, 9.17) is 0 Å². The second-order valence-corrected chi connectivity index (χ2v) is 6.07.